The largest absolute Gasteiger partial charge is 0.373 e. The highest BCUT2D eigenvalue weighted by atomic mass is 35.5. The minimum absolute atomic E-state index is 0.200. The summed E-state index contributed by atoms with van der Waals surface area (Å²) in [5.41, 5.74) is 2.71. The van der Waals surface area contributed by atoms with Crippen molar-refractivity contribution in [3.63, 3.8) is 0 Å². The molecule has 0 unspecified atom stereocenters. The fraction of sp³-hybridized carbons (Fsp3) is 0.529. The molecule has 0 saturated heterocycles. The summed E-state index contributed by atoms with van der Waals surface area (Å²) in [5.74, 6) is -0.299. The second-order valence-electron chi connectivity index (χ2n) is 6.83. The third-order valence-electron chi connectivity index (χ3n) is 4.95. The molecule has 0 fully saturated rings. The summed E-state index contributed by atoms with van der Waals surface area (Å²) in [7, 11) is -1.85. The van der Waals surface area contributed by atoms with E-state index < -0.39 is 8.24 Å². The van der Waals surface area contributed by atoms with Crippen LogP contribution in [0.15, 0.2) is 24.4 Å². The quantitative estimate of drug-likeness (QED) is 0.569. The summed E-state index contributed by atoms with van der Waals surface area (Å²) >= 11 is 5.93. The molecule has 0 aliphatic rings. The Kier molecular flexibility index (Phi) is 4.55. The van der Waals surface area contributed by atoms with E-state index in [-0.39, 0.29) is 10.8 Å². The molecule has 1 aromatic heterocycles. The first kappa shape index (κ1) is 16.6. The Balaban J connectivity index is 2.81. The van der Waals surface area contributed by atoms with Crippen LogP contribution in [0.2, 0.25) is 21.6 Å². The van der Waals surface area contributed by atoms with Gasteiger partial charge in [-0.15, -0.1) is 0 Å². The highest BCUT2D eigenvalue weighted by Crippen LogP contribution is 2.44. The van der Waals surface area contributed by atoms with E-state index >= 15 is 0 Å². The number of aromatic nitrogens is 1. The second kappa shape index (κ2) is 5.77. The van der Waals surface area contributed by atoms with Crippen LogP contribution in [0, 0.1) is 5.82 Å². The van der Waals surface area contributed by atoms with Gasteiger partial charge in [0.05, 0.1) is 5.02 Å². The van der Waals surface area contributed by atoms with E-state index in [1.165, 1.54) is 0 Å². The summed E-state index contributed by atoms with van der Waals surface area (Å²) in [5, 5.41) is 0.840. The zero-order valence-electron chi connectivity index (χ0n) is 13.7. The molecule has 116 valence electrons. The van der Waals surface area contributed by atoms with Gasteiger partial charge in [-0.3, -0.25) is 0 Å². The Labute approximate surface area is 133 Å². The number of fused-ring (bicyclic) bond motifs is 1. The van der Waals surface area contributed by atoms with E-state index in [9.17, 15) is 4.39 Å². The normalized spacial score (nSPS) is 13.1. The Morgan fingerprint density at radius 1 is 0.952 bits per heavy atom. The maximum Gasteiger partial charge on any atom is 0.169 e. The summed E-state index contributed by atoms with van der Waals surface area (Å²) < 4.78 is 16.7. The van der Waals surface area contributed by atoms with Gasteiger partial charge in [-0.25, -0.2) is 4.39 Å². The zero-order chi connectivity index (χ0) is 15.9. The minimum Gasteiger partial charge on any atom is -0.373 e. The van der Waals surface area contributed by atoms with Gasteiger partial charge in [0, 0.05) is 10.9 Å². The van der Waals surface area contributed by atoms with Crippen LogP contribution >= 0.6 is 11.6 Å². The fourth-order valence-corrected chi connectivity index (χ4v) is 11.1. The maximum atomic E-state index is 14.3. The highest BCUT2D eigenvalue weighted by molar-refractivity contribution is 6.82. The number of benzene rings is 1. The highest BCUT2D eigenvalue weighted by Gasteiger charge is 2.45. The van der Waals surface area contributed by atoms with E-state index in [2.05, 4.69) is 52.0 Å². The van der Waals surface area contributed by atoms with Gasteiger partial charge in [-0.05, 0) is 41.0 Å². The fourth-order valence-electron chi connectivity index (χ4n) is 4.33. The lowest BCUT2D eigenvalue weighted by Gasteiger charge is -2.44. The van der Waals surface area contributed by atoms with Gasteiger partial charge in [-0.2, -0.15) is 0 Å². The van der Waals surface area contributed by atoms with Crippen molar-refractivity contribution in [3.05, 3.63) is 35.2 Å². The molecule has 0 aliphatic heterocycles. The van der Waals surface area contributed by atoms with Crippen molar-refractivity contribution in [2.75, 3.05) is 0 Å². The van der Waals surface area contributed by atoms with Crippen molar-refractivity contribution in [1.82, 2.24) is 4.23 Å². The molecule has 1 heterocycles. The molecular formula is C17H25ClFNSi. The van der Waals surface area contributed by atoms with Crippen molar-refractivity contribution in [2.24, 2.45) is 0 Å². The summed E-state index contributed by atoms with van der Waals surface area (Å²) in [4.78, 5) is 0. The van der Waals surface area contributed by atoms with E-state index in [1.807, 2.05) is 12.1 Å². The molecule has 4 heteroatoms. The predicted octanol–water partition coefficient (Wildman–Crippen LogP) is 6.46. The zero-order valence-corrected chi connectivity index (χ0v) is 15.5. The van der Waals surface area contributed by atoms with Crippen LogP contribution in [-0.4, -0.2) is 12.5 Å². The minimum atomic E-state index is -1.85. The van der Waals surface area contributed by atoms with Crippen LogP contribution in [0.1, 0.15) is 41.5 Å². The van der Waals surface area contributed by atoms with Crippen molar-refractivity contribution in [1.29, 1.82) is 0 Å². The Hall–Kier alpha value is -0.803. The molecule has 0 amide bonds. The topological polar surface area (TPSA) is 4.93 Å². The number of hydrogen-bond donors (Lipinski definition) is 0. The molecule has 0 aliphatic carbocycles. The van der Waals surface area contributed by atoms with Crippen LogP contribution in [0.5, 0.6) is 0 Å². The first-order valence-corrected chi connectivity index (χ1v) is 10.3. The van der Waals surface area contributed by atoms with E-state index in [4.69, 9.17) is 11.6 Å². The molecule has 0 atom stereocenters. The van der Waals surface area contributed by atoms with Crippen LogP contribution in [0.4, 0.5) is 4.39 Å². The molecule has 0 bridgehead atoms. The first-order valence-electron chi connectivity index (χ1n) is 7.70. The summed E-state index contributed by atoms with van der Waals surface area (Å²) in [6.45, 7) is 13.9. The van der Waals surface area contributed by atoms with Gasteiger partial charge in [0.25, 0.3) is 0 Å². The van der Waals surface area contributed by atoms with Crippen molar-refractivity contribution in [2.45, 2.75) is 58.2 Å². The van der Waals surface area contributed by atoms with Gasteiger partial charge in [0.2, 0.25) is 0 Å². The van der Waals surface area contributed by atoms with Crippen LogP contribution < -0.4 is 0 Å². The Morgan fingerprint density at radius 3 is 1.95 bits per heavy atom. The van der Waals surface area contributed by atoms with E-state index in [1.54, 1.807) is 6.07 Å². The first-order chi connectivity index (χ1) is 9.74. The van der Waals surface area contributed by atoms with Crippen LogP contribution in [0.3, 0.4) is 0 Å². The summed E-state index contributed by atoms with van der Waals surface area (Å²) in [6, 6.07) is 5.52. The van der Waals surface area contributed by atoms with Gasteiger partial charge in [-0.1, -0.05) is 53.1 Å². The average molecular weight is 326 g/mol. The number of halogens is 2. The van der Waals surface area contributed by atoms with Gasteiger partial charge in [0.15, 0.2) is 14.1 Å². The molecule has 0 saturated carbocycles. The molecule has 21 heavy (non-hydrogen) atoms. The lowest BCUT2D eigenvalue weighted by atomic mass is 10.2. The third kappa shape index (κ3) is 2.35. The summed E-state index contributed by atoms with van der Waals surface area (Å²) in [6.07, 6.45) is 2.08. The lowest BCUT2D eigenvalue weighted by Crippen LogP contribution is -2.51. The average Bonchev–Trinajstić information content (AvgIpc) is 2.78. The van der Waals surface area contributed by atoms with Gasteiger partial charge < -0.3 is 4.23 Å². The molecule has 1 aromatic carbocycles. The molecule has 2 aromatic rings. The standard InChI is InChI=1S/C17H25ClFNSi/c1-11(2)21(12(3)4,13(5)6)20-10-9-14-16(20)8-7-15(18)17(14)19/h7-13H,1-6H3. The number of nitrogens with zero attached hydrogens (tertiary/aromatic N) is 1. The Bertz CT molecular complexity index is 624. The molecule has 2 rings (SSSR count). The molecule has 0 spiro atoms. The smallest absolute Gasteiger partial charge is 0.169 e. The predicted molar refractivity (Wildman–Crippen MR) is 93.4 cm³/mol. The number of rotatable bonds is 4. The molecule has 0 radical (unpaired) electrons. The molecular weight excluding hydrogens is 301 g/mol. The SMILES string of the molecule is CC(C)[Si](C(C)C)(C(C)C)n1ccc2c(F)c(Cl)ccc21. The van der Waals surface area contributed by atoms with Crippen LogP contribution in [-0.2, 0) is 0 Å². The second-order valence-corrected chi connectivity index (χ2v) is 13.0. The molecule has 0 N–H and O–H groups in total. The Morgan fingerprint density at radius 2 is 1.48 bits per heavy atom. The molecule has 1 nitrogen and oxygen atoms in total. The van der Waals surface area contributed by atoms with Crippen molar-refractivity contribution >= 4 is 30.7 Å². The van der Waals surface area contributed by atoms with Crippen molar-refractivity contribution in [3.8, 4) is 0 Å². The van der Waals surface area contributed by atoms with Crippen molar-refractivity contribution < 1.29 is 4.39 Å². The lowest BCUT2D eigenvalue weighted by molar-refractivity contribution is 0.640. The monoisotopic (exact) mass is 325 g/mol. The van der Waals surface area contributed by atoms with Crippen LogP contribution in [0.25, 0.3) is 10.9 Å². The van der Waals surface area contributed by atoms with Gasteiger partial charge >= 0.3 is 0 Å². The third-order valence-corrected chi connectivity index (χ3v) is 12.0. The van der Waals surface area contributed by atoms with E-state index in [0.29, 0.717) is 22.0 Å². The number of hydrogen-bond acceptors (Lipinski definition) is 0. The van der Waals surface area contributed by atoms with Gasteiger partial charge in [0.1, 0.15) is 0 Å². The maximum absolute atomic E-state index is 14.3. The van der Waals surface area contributed by atoms with E-state index in [0.717, 1.165) is 5.52 Å².